The van der Waals surface area contributed by atoms with Crippen LogP contribution < -0.4 is 0 Å². The molecule has 1 aromatic carbocycles. The predicted octanol–water partition coefficient (Wildman–Crippen LogP) is 4.55. The number of hydrogen-bond donors (Lipinski definition) is 0. The second-order valence-electron chi connectivity index (χ2n) is 8.36. The lowest BCUT2D eigenvalue weighted by Crippen LogP contribution is -2.66. The maximum absolute atomic E-state index is 6.70. The molecular formula is C20H29NO. The van der Waals surface area contributed by atoms with Gasteiger partial charge in [0.15, 0.2) is 0 Å². The van der Waals surface area contributed by atoms with Crippen molar-refractivity contribution < 1.29 is 4.74 Å². The van der Waals surface area contributed by atoms with E-state index in [9.17, 15) is 0 Å². The van der Waals surface area contributed by atoms with Crippen LogP contribution in [0.1, 0.15) is 64.0 Å². The summed E-state index contributed by atoms with van der Waals surface area (Å²) in [4.78, 5) is 2.65. The largest absolute Gasteiger partial charge is 0.359 e. The topological polar surface area (TPSA) is 12.5 Å². The highest BCUT2D eigenvalue weighted by atomic mass is 16.5. The molecule has 0 aromatic heterocycles. The van der Waals surface area contributed by atoms with Crippen LogP contribution in [-0.4, -0.2) is 22.8 Å². The van der Waals surface area contributed by atoms with E-state index in [1.807, 2.05) is 0 Å². The Hall–Kier alpha value is -0.860. The highest BCUT2D eigenvalue weighted by Crippen LogP contribution is 2.49. The maximum Gasteiger partial charge on any atom is 0.118 e. The third-order valence-electron chi connectivity index (χ3n) is 6.64. The van der Waals surface area contributed by atoms with E-state index < -0.39 is 0 Å². The molecule has 2 heterocycles. The number of nitrogens with zero attached hydrogens (tertiary/aromatic N) is 1. The van der Waals surface area contributed by atoms with Crippen molar-refractivity contribution in [3.05, 3.63) is 35.4 Å². The Morgan fingerprint density at radius 2 is 1.91 bits per heavy atom. The third-order valence-corrected chi connectivity index (χ3v) is 6.64. The lowest BCUT2D eigenvalue weighted by Gasteiger charge is -2.60. The fourth-order valence-corrected chi connectivity index (χ4v) is 5.22. The predicted molar refractivity (Wildman–Crippen MR) is 89.6 cm³/mol. The normalized spacial score (nSPS) is 40.5. The van der Waals surface area contributed by atoms with Crippen LogP contribution in [0, 0.1) is 11.8 Å². The SMILES string of the molecule is C[C@@H]1CC[C@@H]2C(C1)OC1[C@H](C)c3ccccc3CN1C2(C)C. The molecule has 0 N–H and O–H groups in total. The zero-order valence-corrected chi connectivity index (χ0v) is 14.4. The number of rotatable bonds is 0. The quantitative estimate of drug-likeness (QED) is 0.697. The van der Waals surface area contributed by atoms with Gasteiger partial charge in [-0.1, -0.05) is 44.5 Å². The van der Waals surface area contributed by atoms with Crippen molar-refractivity contribution >= 4 is 0 Å². The van der Waals surface area contributed by atoms with Crippen molar-refractivity contribution in [1.82, 2.24) is 4.90 Å². The number of ether oxygens (including phenoxy) is 1. The van der Waals surface area contributed by atoms with Gasteiger partial charge in [0.05, 0.1) is 6.10 Å². The first-order valence-electron chi connectivity index (χ1n) is 8.98. The van der Waals surface area contributed by atoms with E-state index >= 15 is 0 Å². The van der Waals surface area contributed by atoms with Crippen LogP contribution in [0.25, 0.3) is 0 Å². The van der Waals surface area contributed by atoms with Gasteiger partial charge in [-0.05, 0) is 43.7 Å². The lowest BCUT2D eigenvalue weighted by molar-refractivity contribution is -0.246. The molecule has 1 aliphatic carbocycles. The minimum Gasteiger partial charge on any atom is -0.359 e. The van der Waals surface area contributed by atoms with Crippen molar-refractivity contribution in [3.8, 4) is 0 Å². The van der Waals surface area contributed by atoms with Gasteiger partial charge in [-0.15, -0.1) is 0 Å². The minimum absolute atomic E-state index is 0.232. The molecule has 2 fully saturated rings. The maximum atomic E-state index is 6.70. The van der Waals surface area contributed by atoms with E-state index in [1.54, 1.807) is 0 Å². The van der Waals surface area contributed by atoms with Gasteiger partial charge in [0.2, 0.25) is 0 Å². The van der Waals surface area contributed by atoms with Gasteiger partial charge in [0, 0.05) is 23.9 Å². The van der Waals surface area contributed by atoms with Crippen molar-refractivity contribution in [1.29, 1.82) is 0 Å². The van der Waals surface area contributed by atoms with Gasteiger partial charge >= 0.3 is 0 Å². The van der Waals surface area contributed by atoms with Gasteiger partial charge in [-0.2, -0.15) is 0 Å². The monoisotopic (exact) mass is 299 g/mol. The molecule has 1 aromatic rings. The Labute approximate surface area is 134 Å². The molecule has 1 saturated carbocycles. The van der Waals surface area contributed by atoms with E-state index in [0.717, 1.165) is 12.5 Å². The third kappa shape index (κ3) is 2.07. The van der Waals surface area contributed by atoms with Gasteiger partial charge in [0.1, 0.15) is 6.23 Å². The molecule has 0 bridgehead atoms. The molecule has 22 heavy (non-hydrogen) atoms. The smallest absolute Gasteiger partial charge is 0.118 e. The van der Waals surface area contributed by atoms with Gasteiger partial charge in [0.25, 0.3) is 0 Å². The van der Waals surface area contributed by atoms with E-state index in [0.29, 0.717) is 17.9 Å². The van der Waals surface area contributed by atoms with E-state index in [-0.39, 0.29) is 11.8 Å². The summed E-state index contributed by atoms with van der Waals surface area (Å²) in [5.41, 5.74) is 3.21. The van der Waals surface area contributed by atoms with Crippen molar-refractivity contribution in [2.45, 2.75) is 77.3 Å². The van der Waals surface area contributed by atoms with E-state index in [4.69, 9.17) is 4.74 Å². The molecule has 2 heteroatoms. The standard InChI is InChI=1S/C20H29NO/c1-13-9-10-17-18(11-13)22-19-14(2)16-8-6-5-7-15(16)12-21(19)20(17,3)4/h5-8,13-14,17-19H,9-12H2,1-4H3/t13-,14-,17-,18?,19?/m1/s1. The Bertz CT molecular complexity index is 567. The average Bonchev–Trinajstić information content (AvgIpc) is 2.49. The first-order valence-corrected chi connectivity index (χ1v) is 8.98. The second-order valence-corrected chi connectivity index (χ2v) is 8.36. The summed E-state index contributed by atoms with van der Waals surface area (Å²) in [5, 5.41) is 0. The van der Waals surface area contributed by atoms with Crippen molar-refractivity contribution in [2.75, 3.05) is 0 Å². The van der Waals surface area contributed by atoms with Gasteiger partial charge in [-0.25, -0.2) is 0 Å². The highest BCUT2D eigenvalue weighted by molar-refractivity contribution is 5.34. The first kappa shape index (κ1) is 14.7. The number of hydrogen-bond acceptors (Lipinski definition) is 2. The van der Waals surface area contributed by atoms with Crippen molar-refractivity contribution in [3.63, 3.8) is 0 Å². The van der Waals surface area contributed by atoms with Gasteiger partial charge in [-0.3, -0.25) is 4.90 Å². The van der Waals surface area contributed by atoms with Crippen LogP contribution in [0.3, 0.4) is 0 Å². The molecule has 120 valence electrons. The minimum atomic E-state index is 0.232. The lowest BCUT2D eigenvalue weighted by atomic mass is 9.68. The van der Waals surface area contributed by atoms with Crippen LogP contribution in [0.2, 0.25) is 0 Å². The van der Waals surface area contributed by atoms with Crippen LogP contribution in [0.4, 0.5) is 0 Å². The molecule has 3 aliphatic rings. The van der Waals surface area contributed by atoms with E-state index in [2.05, 4.69) is 56.9 Å². The molecule has 2 nitrogen and oxygen atoms in total. The fourth-order valence-electron chi connectivity index (χ4n) is 5.22. The molecule has 1 saturated heterocycles. The molecule has 0 radical (unpaired) electrons. The number of benzene rings is 1. The first-order chi connectivity index (χ1) is 10.5. The van der Waals surface area contributed by atoms with Crippen molar-refractivity contribution in [2.24, 2.45) is 11.8 Å². The molecular weight excluding hydrogens is 270 g/mol. The molecule has 5 atom stereocenters. The summed E-state index contributed by atoms with van der Waals surface area (Å²) in [6.45, 7) is 10.7. The fraction of sp³-hybridized carbons (Fsp3) is 0.700. The second kappa shape index (κ2) is 5.07. The summed E-state index contributed by atoms with van der Waals surface area (Å²) >= 11 is 0. The summed E-state index contributed by atoms with van der Waals surface area (Å²) < 4.78 is 6.70. The molecule has 4 rings (SSSR count). The summed E-state index contributed by atoms with van der Waals surface area (Å²) in [6, 6.07) is 8.94. The van der Waals surface area contributed by atoms with E-state index in [1.165, 1.54) is 30.4 Å². The number of fused-ring (bicyclic) bond motifs is 3. The van der Waals surface area contributed by atoms with Crippen LogP contribution >= 0.6 is 0 Å². The molecule has 0 spiro atoms. The van der Waals surface area contributed by atoms with Crippen LogP contribution in [0.5, 0.6) is 0 Å². The Balaban J connectivity index is 1.72. The zero-order chi connectivity index (χ0) is 15.5. The average molecular weight is 299 g/mol. The molecule has 0 amide bonds. The Morgan fingerprint density at radius 3 is 2.73 bits per heavy atom. The Kier molecular flexibility index (Phi) is 3.39. The summed E-state index contributed by atoms with van der Waals surface area (Å²) in [6.07, 6.45) is 4.62. The summed E-state index contributed by atoms with van der Waals surface area (Å²) in [7, 11) is 0. The Morgan fingerprint density at radius 1 is 1.14 bits per heavy atom. The zero-order valence-electron chi connectivity index (χ0n) is 14.4. The van der Waals surface area contributed by atoms with Crippen LogP contribution in [0.15, 0.2) is 24.3 Å². The highest BCUT2D eigenvalue weighted by Gasteiger charge is 2.53. The molecule has 2 aliphatic heterocycles. The molecule has 2 unspecified atom stereocenters. The van der Waals surface area contributed by atoms with Gasteiger partial charge < -0.3 is 4.74 Å². The summed E-state index contributed by atoms with van der Waals surface area (Å²) in [5.74, 6) is 1.95. The van der Waals surface area contributed by atoms with Crippen LogP contribution in [-0.2, 0) is 11.3 Å².